The maximum absolute atomic E-state index is 5.26. The SMILES string of the molecule is CC1CC2C(c3ccc(C(C)(C)C)cc3)CCCC2C1[Si](C)(C)C1[CH-]CC2C(c3ccc(C(C)(C)C)cc3)CCCC21.CC1CC2C(c3ccc4ccccc4n3)CCCC2C1[Si](C)(C)C1[CH-]CC2C(c3ccc4ccccc4n3)CCCC21.[CH3-].[CH3-].[CH3-].[CH3-].[Cl][Zr+2][Cl].[Cl][Zr+2][Cl].[W].[W]. The van der Waals surface area contributed by atoms with E-state index in [-0.39, 0.29) is 82.7 Å². The minimum absolute atomic E-state index is 0. The Morgan fingerprint density at radius 1 is 0.396 bits per heavy atom. The number of benzene rings is 4. The molecular weight excluding hydrogens is 1790 g/mol. The van der Waals surface area contributed by atoms with Gasteiger partial charge in [0.2, 0.25) is 0 Å². The fourth-order valence-electron chi connectivity index (χ4n) is 22.6. The predicted octanol–water partition coefficient (Wildman–Crippen LogP) is 27.2. The third kappa shape index (κ3) is 18.6. The van der Waals surface area contributed by atoms with Gasteiger partial charge in [0.15, 0.2) is 0 Å². The first-order chi connectivity index (χ1) is 43.1. The van der Waals surface area contributed by atoms with Gasteiger partial charge < -0.3 is 42.5 Å². The van der Waals surface area contributed by atoms with Crippen LogP contribution in [0.3, 0.4) is 0 Å². The molecule has 0 radical (unpaired) electrons. The van der Waals surface area contributed by atoms with Crippen LogP contribution in [0.4, 0.5) is 0 Å². The average Bonchev–Trinajstić information content (AvgIpc) is 1.59. The zero-order valence-electron chi connectivity index (χ0n) is 61.6. The van der Waals surface area contributed by atoms with E-state index in [1.54, 1.807) is 11.1 Å². The molecule has 0 N–H and O–H groups in total. The summed E-state index contributed by atoms with van der Waals surface area (Å²) in [5.74, 6) is 11.6. The molecule has 8 aliphatic rings. The van der Waals surface area contributed by atoms with Gasteiger partial charge in [0.1, 0.15) is 0 Å². The Hall–Kier alpha value is 0.437. The molecule has 96 heavy (non-hydrogen) atoms. The molecule has 0 spiro atoms. The van der Waals surface area contributed by atoms with Crippen molar-refractivity contribution in [3.05, 3.63) is 198 Å². The van der Waals surface area contributed by atoms with Gasteiger partial charge >= 0.3 is 75.7 Å². The topological polar surface area (TPSA) is 25.8 Å². The molecule has 4 aromatic carbocycles. The Bertz CT molecular complexity index is 3320. The molecule has 8 aliphatic carbocycles. The van der Waals surface area contributed by atoms with Crippen LogP contribution in [-0.2, 0) is 94.7 Å². The zero-order chi connectivity index (χ0) is 63.9. The second-order valence-corrected chi connectivity index (χ2v) is 50.7. The molecule has 2 nitrogen and oxygen atoms in total. The smallest absolute Gasteiger partial charge is 0 e. The van der Waals surface area contributed by atoms with Gasteiger partial charge in [0.05, 0.1) is 11.0 Å². The van der Waals surface area contributed by atoms with E-state index in [0.29, 0.717) is 11.8 Å². The van der Waals surface area contributed by atoms with Crippen molar-refractivity contribution in [2.75, 3.05) is 0 Å². The van der Waals surface area contributed by atoms with Crippen LogP contribution in [0.1, 0.15) is 215 Å². The molecule has 0 saturated heterocycles. The normalized spacial score (nSPS) is 31.0. The monoisotopic (exact) mass is 1900 g/mol. The van der Waals surface area contributed by atoms with E-state index < -0.39 is 57.8 Å². The van der Waals surface area contributed by atoms with E-state index >= 15 is 0 Å². The quantitative estimate of drug-likeness (QED) is 0.112. The summed E-state index contributed by atoms with van der Waals surface area (Å²) in [5.41, 5.74) is 15.5. The van der Waals surface area contributed by atoms with Crippen molar-refractivity contribution in [1.29, 1.82) is 0 Å². The Kier molecular flexibility index (Phi) is 34.1. The molecule has 0 bridgehead atoms. The predicted molar refractivity (Wildman–Crippen MR) is 412 cm³/mol. The number of rotatable bonds is 8. The van der Waals surface area contributed by atoms with Gasteiger partial charge in [0, 0.05) is 92.3 Å². The molecule has 14 rings (SSSR count). The van der Waals surface area contributed by atoms with Crippen molar-refractivity contribution in [1.82, 2.24) is 9.97 Å². The maximum atomic E-state index is 5.26. The first-order valence-electron chi connectivity index (χ1n) is 35.6. The number of hydrogen-bond donors (Lipinski definition) is 0. The molecular formula is C84H120Cl4N2Si2W2Zr2-2. The molecule has 524 valence electrons. The molecule has 2 heterocycles. The van der Waals surface area contributed by atoms with Gasteiger partial charge in [-0.25, -0.2) is 0 Å². The van der Waals surface area contributed by atoms with Gasteiger partial charge in [-0.2, -0.15) is 23.9 Å². The first kappa shape index (κ1) is 87.1. The Labute approximate surface area is 655 Å². The van der Waals surface area contributed by atoms with Gasteiger partial charge in [-0.15, -0.1) is 0 Å². The van der Waals surface area contributed by atoms with Crippen molar-refractivity contribution in [2.45, 2.75) is 241 Å². The number of nitrogens with zero attached hydrogens (tertiary/aromatic N) is 2. The standard InChI is InChI=1S/C41H61Si.C39H47N2Si.4CH3.4ClH.2W.2Zr/c1-27-26-37-33(29-18-22-31(23-19-29)41(5,6)7)13-11-15-36(37)39(27)42(8,9)38-25-24-34-32(12-10-14-35(34)38)28-16-20-30(21-17-28)40(2,3)4;1-25-24-33-30(37-22-19-27-11-5-7-17-35(27)41-37)13-9-15-32(33)39(25)42(2,3)38-23-20-28-29(12-8-14-31(28)38)36-21-18-26-10-4-6-16-34(26)40-36;;;;;;;;;;;;/h16-23,25,27,32-39H,10-15,24,26H2,1-9H3;4-7,10-11,16-19,21-23,25,28-33,38-39H,8-9,12-15,20,24H2,1-3H3;4*1H3;4*1H;;;;/q6*-1;;;;;;;2*+4/p-4. The fraction of sp³-hybridized carbons (Fsp3) is 0.571. The van der Waals surface area contributed by atoms with Crippen LogP contribution in [0.2, 0.25) is 48.4 Å². The van der Waals surface area contributed by atoms with Gasteiger partial charge in [0.25, 0.3) is 0 Å². The second-order valence-electron chi connectivity index (χ2n) is 33.3. The summed E-state index contributed by atoms with van der Waals surface area (Å²) in [6, 6.07) is 46.5. The van der Waals surface area contributed by atoms with Crippen molar-refractivity contribution < 1.29 is 83.8 Å². The summed E-state index contributed by atoms with van der Waals surface area (Å²) in [6.07, 6.45) is 28.3. The van der Waals surface area contributed by atoms with Crippen LogP contribution in [0.25, 0.3) is 21.8 Å². The summed E-state index contributed by atoms with van der Waals surface area (Å²) < 4.78 is 0. The zero-order valence-corrected chi connectivity index (χ0v) is 77.4. The molecule has 18 atom stereocenters. The van der Waals surface area contributed by atoms with Crippen molar-refractivity contribution in [3.63, 3.8) is 0 Å². The van der Waals surface area contributed by atoms with E-state index in [0.717, 1.165) is 93.2 Å². The van der Waals surface area contributed by atoms with Gasteiger partial charge in [-0.1, -0.05) is 254 Å². The van der Waals surface area contributed by atoms with Crippen LogP contribution < -0.4 is 0 Å². The minimum atomic E-state index is -1.56. The summed E-state index contributed by atoms with van der Waals surface area (Å²) in [6.45, 7) is 30.7. The summed E-state index contributed by atoms with van der Waals surface area (Å²) in [5, 5.41) is 2.54. The van der Waals surface area contributed by atoms with Crippen LogP contribution in [0, 0.1) is 102 Å². The van der Waals surface area contributed by atoms with Crippen LogP contribution in [0.5, 0.6) is 0 Å². The molecule has 18 unspecified atom stereocenters. The Morgan fingerprint density at radius 2 is 0.708 bits per heavy atom. The summed E-state index contributed by atoms with van der Waals surface area (Å²) in [7, 11) is 16.7. The van der Waals surface area contributed by atoms with Crippen LogP contribution in [-0.4, -0.2) is 26.1 Å². The molecule has 2 aromatic heterocycles. The minimum Gasteiger partial charge on any atom is 0 e. The van der Waals surface area contributed by atoms with Gasteiger partial charge in [-0.3, -0.25) is 9.97 Å². The summed E-state index contributed by atoms with van der Waals surface area (Å²) in [4.78, 5) is 10.5. The van der Waals surface area contributed by atoms with Gasteiger partial charge in [-0.05, 0) is 154 Å². The average molecular weight is 1910 g/mol. The third-order valence-corrected chi connectivity index (χ3v) is 36.2. The Morgan fingerprint density at radius 3 is 1.08 bits per heavy atom. The number of pyridine rings is 2. The maximum Gasteiger partial charge on any atom is 0 e. The molecule has 0 aliphatic heterocycles. The van der Waals surface area contributed by atoms with E-state index in [1.165, 1.54) is 147 Å². The van der Waals surface area contributed by atoms with E-state index in [9.17, 15) is 0 Å². The fourth-order valence-corrected chi connectivity index (χ4v) is 34.3. The van der Waals surface area contributed by atoms with E-state index in [4.69, 9.17) is 44.0 Å². The first-order valence-corrected chi connectivity index (χ1v) is 54.6. The number of fused-ring (bicyclic) bond motifs is 6. The van der Waals surface area contributed by atoms with E-state index in [1.807, 2.05) is 0 Å². The molecule has 12 heteroatoms. The summed E-state index contributed by atoms with van der Waals surface area (Å²) >= 11 is -1.65. The number of hydrogen-bond acceptors (Lipinski definition) is 2. The van der Waals surface area contributed by atoms with Crippen molar-refractivity contribution >= 4 is 72.0 Å². The largest absolute Gasteiger partial charge is 0 e. The molecule has 6 aromatic rings. The number of para-hydroxylation sites is 2. The second kappa shape index (κ2) is 37.6. The van der Waals surface area contributed by atoms with Crippen molar-refractivity contribution in [2.24, 2.45) is 59.2 Å². The van der Waals surface area contributed by atoms with Crippen LogP contribution in [0.15, 0.2) is 121 Å². The van der Waals surface area contributed by atoms with E-state index in [2.05, 4.69) is 216 Å². The molecule has 8 saturated carbocycles. The number of aromatic nitrogens is 2. The molecule has 0 amide bonds. The molecule has 8 fully saturated rings. The Balaban J connectivity index is 0.000000303. The van der Waals surface area contributed by atoms with Crippen LogP contribution >= 0.6 is 34.1 Å². The number of halogens is 4. The van der Waals surface area contributed by atoms with Crippen molar-refractivity contribution in [3.8, 4) is 0 Å². The third-order valence-electron chi connectivity index (χ3n) is 26.0.